The van der Waals surface area contributed by atoms with E-state index in [2.05, 4.69) is 20.8 Å². The molecular formula is C28H58N+. The highest BCUT2D eigenvalue weighted by Crippen LogP contribution is 2.30. The van der Waals surface area contributed by atoms with E-state index >= 15 is 0 Å². The first-order valence-electron chi connectivity index (χ1n) is 14.1. The zero-order valence-corrected chi connectivity index (χ0v) is 21.0. The lowest BCUT2D eigenvalue weighted by Crippen LogP contribution is -2.57. The van der Waals surface area contributed by atoms with Crippen LogP contribution in [-0.4, -0.2) is 30.2 Å². The second-order valence-electron chi connectivity index (χ2n) is 10.2. The zero-order chi connectivity index (χ0) is 21.0. The Morgan fingerprint density at radius 1 is 0.483 bits per heavy atom. The van der Waals surface area contributed by atoms with Crippen LogP contribution in [0.25, 0.3) is 0 Å². The van der Waals surface area contributed by atoms with E-state index in [-0.39, 0.29) is 0 Å². The summed E-state index contributed by atoms with van der Waals surface area (Å²) in [7, 11) is 0. The molecule has 0 N–H and O–H groups in total. The molecule has 0 aromatic carbocycles. The molecular weight excluding hydrogens is 350 g/mol. The van der Waals surface area contributed by atoms with Crippen molar-refractivity contribution in [1.29, 1.82) is 0 Å². The van der Waals surface area contributed by atoms with Crippen molar-refractivity contribution in [3.63, 3.8) is 0 Å². The van der Waals surface area contributed by atoms with Gasteiger partial charge < -0.3 is 4.48 Å². The molecule has 29 heavy (non-hydrogen) atoms. The zero-order valence-electron chi connectivity index (χ0n) is 21.0. The summed E-state index contributed by atoms with van der Waals surface area (Å²) in [5, 5.41) is 0. The van der Waals surface area contributed by atoms with E-state index in [1.54, 1.807) is 0 Å². The Morgan fingerprint density at radius 3 is 1.34 bits per heavy atom. The molecule has 1 atom stereocenters. The fourth-order valence-corrected chi connectivity index (χ4v) is 5.77. The number of unbranched alkanes of at least 4 members (excludes halogenated alkanes) is 14. The van der Waals surface area contributed by atoms with E-state index in [0.717, 1.165) is 6.04 Å². The summed E-state index contributed by atoms with van der Waals surface area (Å²) in [6.07, 6.45) is 30.9. The summed E-state index contributed by atoms with van der Waals surface area (Å²) in [5.74, 6) is 0. The highest BCUT2D eigenvalue weighted by Gasteiger charge is 2.35. The number of rotatable bonds is 20. The Kier molecular flexibility index (Phi) is 17.4. The molecule has 0 amide bonds. The summed E-state index contributed by atoms with van der Waals surface area (Å²) >= 11 is 0. The number of hydrogen-bond acceptors (Lipinski definition) is 0. The third-order valence-electron chi connectivity index (χ3n) is 7.89. The summed E-state index contributed by atoms with van der Waals surface area (Å²) in [6, 6.07) is 0.988. The van der Waals surface area contributed by atoms with Gasteiger partial charge in [0.25, 0.3) is 0 Å². The summed E-state index contributed by atoms with van der Waals surface area (Å²) in [4.78, 5) is 0. The topological polar surface area (TPSA) is 0 Å². The standard InChI is InChI=1S/C28H58N/c1-4-7-9-10-11-12-13-14-15-16-17-18-19-23-27-29(6-3,26-8-5-2)28-24-21-20-22-25-28/h28H,4-27H2,1-3H3/q+1. The van der Waals surface area contributed by atoms with Crippen molar-refractivity contribution in [2.75, 3.05) is 19.6 Å². The first kappa shape index (κ1) is 27.0. The van der Waals surface area contributed by atoms with E-state index < -0.39 is 0 Å². The van der Waals surface area contributed by atoms with Crippen LogP contribution in [0.4, 0.5) is 0 Å². The van der Waals surface area contributed by atoms with Gasteiger partial charge in [0.2, 0.25) is 0 Å². The van der Waals surface area contributed by atoms with Gasteiger partial charge >= 0.3 is 0 Å². The minimum absolute atomic E-state index is 0.988. The molecule has 1 rings (SSSR count). The van der Waals surface area contributed by atoms with Crippen LogP contribution in [-0.2, 0) is 0 Å². The van der Waals surface area contributed by atoms with Gasteiger partial charge in [0.1, 0.15) is 0 Å². The second-order valence-corrected chi connectivity index (χ2v) is 10.2. The van der Waals surface area contributed by atoms with E-state index in [1.807, 2.05) is 0 Å². The molecule has 1 aliphatic rings. The van der Waals surface area contributed by atoms with Gasteiger partial charge in [-0.1, -0.05) is 104 Å². The maximum atomic E-state index is 2.48. The molecule has 1 aliphatic carbocycles. The molecule has 0 bridgehead atoms. The molecule has 0 radical (unpaired) electrons. The number of quaternary nitrogens is 1. The SMILES string of the molecule is CCCCCCCCCCCCCCCC[N+](CC)(CCCC)C1CCCCC1. The maximum absolute atomic E-state index is 2.48. The highest BCUT2D eigenvalue weighted by molar-refractivity contribution is 4.68. The van der Waals surface area contributed by atoms with Gasteiger partial charge in [-0.3, -0.25) is 0 Å². The van der Waals surface area contributed by atoms with Crippen LogP contribution in [0.2, 0.25) is 0 Å². The Hall–Kier alpha value is -0.0400. The average Bonchev–Trinajstić information content (AvgIpc) is 2.77. The predicted octanol–water partition coefficient (Wildman–Crippen LogP) is 9.44. The molecule has 0 aromatic rings. The summed E-state index contributed by atoms with van der Waals surface area (Å²) in [5.41, 5.74) is 0. The van der Waals surface area contributed by atoms with Gasteiger partial charge in [-0.2, -0.15) is 0 Å². The van der Waals surface area contributed by atoms with Crippen molar-refractivity contribution in [2.24, 2.45) is 0 Å². The number of hydrogen-bond donors (Lipinski definition) is 0. The lowest BCUT2D eigenvalue weighted by Gasteiger charge is -2.46. The predicted molar refractivity (Wildman–Crippen MR) is 133 cm³/mol. The van der Waals surface area contributed by atoms with Crippen LogP contribution >= 0.6 is 0 Å². The first-order valence-corrected chi connectivity index (χ1v) is 14.1. The molecule has 1 nitrogen and oxygen atoms in total. The third kappa shape index (κ3) is 12.4. The van der Waals surface area contributed by atoms with Crippen LogP contribution < -0.4 is 0 Å². The monoisotopic (exact) mass is 408 g/mol. The molecule has 1 fully saturated rings. The van der Waals surface area contributed by atoms with E-state index in [4.69, 9.17) is 0 Å². The van der Waals surface area contributed by atoms with Crippen LogP contribution in [0.1, 0.15) is 156 Å². The van der Waals surface area contributed by atoms with Gasteiger partial charge in [0.05, 0.1) is 25.7 Å². The minimum atomic E-state index is 0.988. The number of nitrogens with zero attached hydrogens (tertiary/aromatic N) is 1. The molecule has 0 heterocycles. The van der Waals surface area contributed by atoms with Crippen LogP contribution in [0.3, 0.4) is 0 Å². The lowest BCUT2D eigenvalue weighted by atomic mass is 9.91. The molecule has 0 aliphatic heterocycles. The Bertz CT molecular complexity index is 333. The van der Waals surface area contributed by atoms with Crippen molar-refractivity contribution in [1.82, 2.24) is 0 Å². The average molecular weight is 409 g/mol. The first-order chi connectivity index (χ1) is 14.3. The van der Waals surface area contributed by atoms with Gasteiger partial charge in [-0.05, 0) is 51.9 Å². The molecule has 1 heteroatoms. The molecule has 0 spiro atoms. The summed E-state index contributed by atoms with van der Waals surface area (Å²) in [6.45, 7) is 11.5. The lowest BCUT2D eigenvalue weighted by molar-refractivity contribution is -0.951. The Labute approximate surface area is 186 Å². The fraction of sp³-hybridized carbons (Fsp3) is 1.00. The van der Waals surface area contributed by atoms with Crippen molar-refractivity contribution >= 4 is 0 Å². The fourth-order valence-electron chi connectivity index (χ4n) is 5.77. The van der Waals surface area contributed by atoms with Gasteiger partial charge in [0, 0.05) is 0 Å². The van der Waals surface area contributed by atoms with Crippen molar-refractivity contribution < 1.29 is 4.48 Å². The van der Waals surface area contributed by atoms with Crippen LogP contribution in [0.15, 0.2) is 0 Å². The molecule has 0 saturated heterocycles. The van der Waals surface area contributed by atoms with E-state index in [1.165, 1.54) is 159 Å². The van der Waals surface area contributed by atoms with Crippen LogP contribution in [0, 0.1) is 0 Å². The maximum Gasteiger partial charge on any atom is 0.0890 e. The Balaban J connectivity index is 2.06. The summed E-state index contributed by atoms with van der Waals surface area (Å²) < 4.78 is 1.46. The molecule has 0 aromatic heterocycles. The smallest absolute Gasteiger partial charge is 0.0890 e. The normalized spacial score (nSPS) is 17.5. The third-order valence-corrected chi connectivity index (χ3v) is 7.89. The van der Waals surface area contributed by atoms with Crippen molar-refractivity contribution in [3.05, 3.63) is 0 Å². The quantitative estimate of drug-likeness (QED) is 0.139. The molecule has 1 unspecified atom stereocenters. The highest BCUT2D eigenvalue weighted by atomic mass is 15.4. The molecule has 174 valence electrons. The van der Waals surface area contributed by atoms with E-state index in [9.17, 15) is 0 Å². The van der Waals surface area contributed by atoms with Crippen molar-refractivity contribution in [3.8, 4) is 0 Å². The van der Waals surface area contributed by atoms with E-state index in [0.29, 0.717) is 0 Å². The molecule has 1 saturated carbocycles. The van der Waals surface area contributed by atoms with Gasteiger partial charge in [-0.25, -0.2) is 0 Å². The minimum Gasteiger partial charge on any atom is -0.321 e. The Morgan fingerprint density at radius 2 is 0.897 bits per heavy atom. The van der Waals surface area contributed by atoms with Crippen LogP contribution in [0.5, 0.6) is 0 Å². The van der Waals surface area contributed by atoms with Crippen molar-refractivity contribution in [2.45, 2.75) is 162 Å². The second kappa shape index (κ2) is 18.7. The largest absolute Gasteiger partial charge is 0.321 e. The van der Waals surface area contributed by atoms with Gasteiger partial charge in [0.15, 0.2) is 0 Å². The van der Waals surface area contributed by atoms with Gasteiger partial charge in [-0.15, -0.1) is 0 Å².